The molecule has 1 aliphatic rings. The molecule has 0 unspecified atom stereocenters. The molecule has 1 aromatic heterocycles. The normalized spacial score (nSPS) is 14.4. The fourth-order valence-electron chi connectivity index (χ4n) is 3.29. The van der Waals surface area contributed by atoms with Gasteiger partial charge in [-0.2, -0.15) is 0 Å². The van der Waals surface area contributed by atoms with Crippen LogP contribution in [0.3, 0.4) is 0 Å². The monoisotopic (exact) mass is 482 g/mol. The van der Waals surface area contributed by atoms with E-state index < -0.39 is 17.9 Å². The molecular weight excluding hydrogens is 464 g/mol. The third-order valence-corrected chi connectivity index (χ3v) is 5.36. The van der Waals surface area contributed by atoms with E-state index >= 15 is 0 Å². The second-order valence-corrected chi connectivity index (χ2v) is 7.65. The Morgan fingerprint density at radius 3 is 2.65 bits per heavy atom. The number of hydrogen-bond acceptors (Lipinski definition) is 6. The number of hydrogen-bond donors (Lipinski definition) is 2. The molecule has 3 aromatic rings. The molecule has 10 heteroatoms. The van der Waals surface area contributed by atoms with Gasteiger partial charge in [0, 0.05) is 5.02 Å². The summed E-state index contributed by atoms with van der Waals surface area (Å²) in [6.07, 6.45) is 1.53. The number of ether oxygens (including phenoxy) is 2. The lowest BCUT2D eigenvalue weighted by Crippen LogP contribution is -2.30. The molecule has 174 valence electrons. The number of furan rings is 1. The highest BCUT2D eigenvalue weighted by atomic mass is 35.5. The van der Waals surface area contributed by atoms with Gasteiger partial charge in [0.2, 0.25) is 5.76 Å². The van der Waals surface area contributed by atoms with Crippen molar-refractivity contribution < 1.29 is 33.4 Å². The maximum absolute atomic E-state index is 12.8. The average molecular weight is 483 g/mol. The van der Waals surface area contributed by atoms with Crippen molar-refractivity contribution in [3.8, 4) is 11.5 Å². The molecular formula is C24H19ClN2O7. The predicted octanol–water partition coefficient (Wildman–Crippen LogP) is 4.31. The van der Waals surface area contributed by atoms with Gasteiger partial charge in [0.1, 0.15) is 18.1 Å². The summed E-state index contributed by atoms with van der Waals surface area (Å²) in [5.41, 5.74) is 1.37. The van der Waals surface area contributed by atoms with Crippen LogP contribution in [0.15, 0.2) is 64.7 Å². The molecule has 1 aliphatic heterocycles. The Balaban J connectivity index is 1.48. The van der Waals surface area contributed by atoms with Gasteiger partial charge in [0.25, 0.3) is 5.91 Å². The number of carboxylic acid groups (broad SMARTS) is 1. The Morgan fingerprint density at radius 2 is 1.94 bits per heavy atom. The Labute approximate surface area is 199 Å². The molecule has 0 atom stereocenters. The van der Waals surface area contributed by atoms with E-state index in [0.29, 0.717) is 33.4 Å². The van der Waals surface area contributed by atoms with Crippen LogP contribution in [0.1, 0.15) is 27.4 Å². The van der Waals surface area contributed by atoms with Crippen LogP contribution in [0.5, 0.6) is 11.5 Å². The SMILES string of the molecule is COc1cc(/C=C2\NC(=O)N(Cc3ccccc3Cl)C2=O)ccc1OCc1ccc(C(=O)O)o1. The second kappa shape index (κ2) is 9.72. The van der Waals surface area contributed by atoms with Crippen LogP contribution in [-0.4, -0.2) is 35.0 Å². The van der Waals surface area contributed by atoms with Crippen LogP contribution >= 0.6 is 11.6 Å². The maximum atomic E-state index is 12.8. The maximum Gasteiger partial charge on any atom is 0.371 e. The molecule has 0 saturated carbocycles. The summed E-state index contributed by atoms with van der Waals surface area (Å²) in [5.74, 6) is -0.719. The van der Waals surface area contributed by atoms with Crippen molar-refractivity contribution >= 4 is 35.6 Å². The minimum atomic E-state index is -1.17. The number of nitrogens with one attached hydrogen (secondary N) is 1. The van der Waals surface area contributed by atoms with Crippen molar-refractivity contribution in [2.75, 3.05) is 7.11 Å². The summed E-state index contributed by atoms with van der Waals surface area (Å²) < 4.78 is 16.2. The van der Waals surface area contributed by atoms with Crippen molar-refractivity contribution in [3.63, 3.8) is 0 Å². The number of carboxylic acids is 1. The number of rotatable bonds is 8. The fourth-order valence-corrected chi connectivity index (χ4v) is 3.49. The molecule has 1 saturated heterocycles. The molecule has 2 N–H and O–H groups in total. The number of aromatic carboxylic acids is 1. The van der Waals surface area contributed by atoms with E-state index in [9.17, 15) is 14.4 Å². The van der Waals surface area contributed by atoms with Crippen molar-refractivity contribution in [1.29, 1.82) is 0 Å². The number of amides is 3. The quantitative estimate of drug-likeness (QED) is 0.362. The standard InChI is InChI=1S/C24H19ClN2O7/c1-32-21-11-14(6-8-19(21)33-13-16-7-9-20(34-16)23(29)30)10-18-22(28)27(24(31)26-18)12-15-4-2-3-5-17(15)25/h2-11H,12-13H2,1H3,(H,26,31)(H,29,30)/b18-10-. The van der Waals surface area contributed by atoms with E-state index in [1.165, 1.54) is 25.3 Å². The molecule has 0 aliphatic carbocycles. The van der Waals surface area contributed by atoms with E-state index in [4.69, 9.17) is 30.6 Å². The van der Waals surface area contributed by atoms with E-state index in [0.717, 1.165) is 4.90 Å². The fraction of sp³-hybridized carbons (Fsp3) is 0.125. The number of halogens is 1. The molecule has 0 radical (unpaired) electrons. The molecule has 0 bridgehead atoms. The van der Waals surface area contributed by atoms with Gasteiger partial charge in [-0.05, 0) is 47.5 Å². The summed E-state index contributed by atoms with van der Waals surface area (Å²) in [7, 11) is 1.46. The highest BCUT2D eigenvalue weighted by Crippen LogP contribution is 2.30. The number of methoxy groups -OCH3 is 1. The van der Waals surface area contributed by atoms with E-state index in [2.05, 4.69) is 5.32 Å². The zero-order chi connectivity index (χ0) is 24.2. The highest BCUT2D eigenvalue weighted by molar-refractivity contribution is 6.31. The molecule has 9 nitrogen and oxygen atoms in total. The minimum absolute atomic E-state index is 0.00434. The molecule has 4 rings (SSSR count). The number of benzene rings is 2. The second-order valence-electron chi connectivity index (χ2n) is 7.24. The van der Waals surface area contributed by atoms with Gasteiger partial charge in [-0.3, -0.25) is 9.69 Å². The van der Waals surface area contributed by atoms with Gasteiger partial charge in [-0.1, -0.05) is 35.9 Å². The lowest BCUT2D eigenvalue weighted by molar-refractivity contribution is -0.123. The van der Waals surface area contributed by atoms with E-state index in [-0.39, 0.29) is 24.6 Å². The lowest BCUT2D eigenvalue weighted by atomic mass is 10.1. The van der Waals surface area contributed by atoms with Crippen LogP contribution < -0.4 is 14.8 Å². The molecule has 2 aromatic carbocycles. The van der Waals surface area contributed by atoms with Gasteiger partial charge in [0.05, 0.1) is 13.7 Å². The lowest BCUT2D eigenvalue weighted by Gasteiger charge is -2.12. The van der Waals surface area contributed by atoms with Crippen molar-refractivity contribution in [3.05, 3.63) is 88.0 Å². The van der Waals surface area contributed by atoms with Gasteiger partial charge in [-0.15, -0.1) is 0 Å². The van der Waals surface area contributed by atoms with Gasteiger partial charge in [-0.25, -0.2) is 9.59 Å². The van der Waals surface area contributed by atoms with Crippen molar-refractivity contribution in [2.45, 2.75) is 13.2 Å². The molecule has 1 fully saturated rings. The van der Waals surface area contributed by atoms with Crippen LogP contribution in [0, 0.1) is 0 Å². The third-order valence-electron chi connectivity index (χ3n) is 4.99. The summed E-state index contributed by atoms with van der Waals surface area (Å²) in [4.78, 5) is 37.2. The summed E-state index contributed by atoms with van der Waals surface area (Å²) in [5, 5.41) is 12.0. The van der Waals surface area contributed by atoms with Crippen LogP contribution in [0.2, 0.25) is 5.02 Å². The van der Waals surface area contributed by atoms with Crippen molar-refractivity contribution in [1.82, 2.24) is 10.2 Å². The Morgan fingerprint density at radius 1 is 1.15 bits per heavy atom. The van der Waals surface area contributed by atoms with Crippen LogP contribution in [0.25, 0.3) is 6.08 Å². The first-order valence-corrected chi connectivity index (χ1v) is 10.4. The first-order chi connectivity index (χ1) is 16.4. The summed E-state index contributed by atoms with van der Waals surface area (Å²) in [6, 6.07) is 14.3. The topological polar surface area (TPSA) is 118 Å². The minimum Gasteiger partial charge on any atom is -0.493 e. The van der Waals surface area contributed by atoms with Gasteiger partial charge in [0.15, 0.2) is 11.5 Å². The number of nitrogens with zero attached hydrogens (tertiary/aromatic N) is 1. The van der Waals surface area contributed by atoms with E-state index in [1.54, 1.807) is 42.5 Å². The largest absolute Gasteiger partial charge is 0.493 e. The zero-order valence-corrected chi connectivity index (χ0v) is 18.7. The molecule has 0 spiro atoms. The third kappa shape index (κ3) is 4.89. The highest BCUT2D eigenvalue weighted by Gasteiger charge is 2.33. The van der Waals surface area contributed by atoms with Crippen LogP contribution in [-0.2, 0) is 17.9 Å². The average Bonchev–Trinajstić information content (AvgIpc) is 3.40. The molecule has 34 heavy (non-hydrogen) atoms. The molecule has 3 amide bonds. The number of imide groups is 1. The summed E-state index contributed by atoms with van der Waals surface area (Å²) >= 11 is 6.15. The first kappa shape index (κ1) is 22.9. The Kier molecular flexibility index (Phi) is 6.55. The smallest absolute Gasteiger partial charge is 0.371 e. The van der Waals surface area contributed by atoms with Gasteiger partial charge >= 0.3 is 12.0 Å². The predicted molar refractivity (Wildman–Crippen MR) is 122 cm³/mol. The first-order valence-electron chi connectivity index (χ1n) is 10.1. The number of urea groups is 1. The van der Waals surface area contributed by atoms with E-state index in [1.807, 2.05) is 0 Å². The van der Waals surface area contributed by atoms with Crippen molar-refractivity contribution in [2.24, 2.45) is 0 Å². The Hall–Kier alpha value is -4.24. The summed E-state index contributed by atoms with van der Waals surface area (Å²) in [6.45, 7) is 0.0454. The molecule has 2 heterocycles. The number of carbonyl (C=O) groups excluding carboxylic acids is 2. The van der Waals surface area contributed by atoms with Gasteiger partial charge < -0.3 is 24.3 Å². The zero-order valence-electron chi connectivity index (χ0n) is 17.9. The van der Waals surface area contributed by atoms with Crippen LogP contribution in [0.4, 0.5) is 4.79 Å². The number of carbonyl (C=O) groups is 3. The Bertz CT molecular complexity index is 1300.